The SMILES string of the molecule is CC1CCN(C(=O)c2ccc3ccccc3n2)CC1N. The highest BCUT2D eigenvalue weighted by Crippen LogP contribution is 2.18. The number of piperidine rings is 1. The lowest BCUT2D eigenvalue weighted by Crippen LogP contribution is -2.49. The fourth-order valence-corrected chi connectivity index (χ4v) is 2.63. The molecular formula is C16H19N3O. The van der Waals surface area contributed by atoms with Crippen LogP contribution in [-0.2, 0) is 0 Å². The van der Waals surface area contributed by atoms with Crippen LogP contribution in [0, 0.1) is 5.92 Å². The number of aromatic nitrogens is 1. The summed E-state index contributed by atoms with van der Waals surface area (Å²) >= 11 is 0. The van der Waals surface area contributed by atoms with E-state index in [0.717, 1.165) is 23.9 Å². The van der Waals surface area contributed by atoms with Crippen molar-refractivity contribution in [2.75, 3.05) is 13.1 Å². The van der Waals surface area contributed by atoms with E-state index in [-0.39, 0.29) is 11.9 Å². The molecule has 4 heteroatoms. The number of benzene rings is 1. The van der Waals surface area contributed by atoms with E-state index in [2.05, 4.69) is 11.9 Å². The van der Waals surface area contributed by atoms with Crippen LogP contribution in [0.1, 0.15) is 23.8 Å². The van der Waals surface area contributed by atoms with Gasteiger partial charge in [-0.05, 0) is 24.5 Å². The summed E-state index contributed by atoms with van der Waals surface area (Å²) in [4.78, 5) is 18.8. The number of likely N-dealkylation sites (tertiary alicyclic amines) is 1. The second kappa shape index (κ2) is 5.21. The molecule has 2 N–H and O–H groups in total. The van der Waals surface area contributed by atoms with Gasteiger partial charge < -0.3 is 10.6 Å². The predicted molar refractivity (Wildman–Crippen MR) is 79.4 cm³/mol. The van der Waals surface area contributed by atoms with Crippen LogP contribution in [0.3, 0.4) is 0 Å². The van der Waals surface area contributed by atoms with Crippen molar-refractivity contribution in [3.05, 3.63) is 42.1 Å². The van der Waals surface area contributed by atoms with Gasteiger partial charge in [0, 0.05) is 24.5 Å². The third-order valence-corrected chi connectivity index (χ3v) is 4.12. The smallest absolute Gasteiger partial charge is 0.272 e. The number of carbonyl (C=O) groups is 1. The van der Waals surface area contributed by atoms with Crippen LogP contribution in [0.5, 0.6) is 0 Å². The number of fused-ring (bicyclic) bond motifs is 1. The van der Waals surface area contributed by atoms with Gasteiger partial charge in [-0.3, -0.25) is 4.79 Å². The molecule has 4 nitrogen and oxygen atoms in total. The summed E-state index contributed by atoms with van der Waals surface area (Å²) in [6, 6.07) is 11.6. The third-order valence-electron chi connectivity index (χ3n) is 4.12. The predicted octanol–water partition coefficient (Wildman–Crippen LogP) is 2.04. The molecule has 2 atom stereocenters. The van der Waals surface area contributed by atoms with Crippen LogP contribution in [0.15, 0.2) is 36.4 Å². The number of rotatable bonds is 1. The van der Waals surface area contributed by atoms with Gasteiger partial charge in [-0.1, -0.05) is 31.2 Å². The molecule has 0 bridgehead atoms. The van der Waals surface area contributed by atoms with E-state index in [4.69, 9.17) is 5.73 Å². The molecule has 104 valence electrons. The number of hydrogen-bond acceptors (Lipinski definition) is 3. The summed E-state index contributed by atoms with van der Waals surface area (Å²) in [5.41, 5.74) is 7.42. The Kier molecular flexibility index (Phi) is 3.40. The Labute approximate surface area is 118 Å². The average molecular weight is 269 g/mol. The molecule has 3 rings (SSSR count). The van der Waals surface area contributed by atoms with Crippen molar-refractivity contribution in [2.24, 2.45) is 11.7 Å². The molecule has 1 fully saturated rings. The summed E-state index contributed by atoms with van der Waals surface area (Å²) in [6.07, 6.45) is 0.959. The van der Waals surface area contributed by atoms with Gasteiger partial charge in [0.05, 0.1) is 5.52 Å². The van der Waals surface area contributed by atoms with Gasteiger partial charge in [0.2, 0.25) is 0 Å². The standard InChI is InChI=1S/C16H19N3O/c1-11-8-9-19(10-13(11)17)16(20)15-7-6-12-4-2-3-5-14(12)18-15/h2-7,11,13H,8-10,17H2,1H3. The Hall–Kier alpha value is -1.94. The molecule has 1 aliphatic rings. The molecule has 0 aliphatic carbocycles. The number of carbonyl (C=O) groups excluding carboxylic acids is 1. The van der Waals surface area contributed by atoms with Crippen molar-refractivity contribution < 1.29 is 4.79 Å². The van der Waals surface area contributed by atoms with Gasteiger partial charge in [-0.2, -0.15) is 0 Å². The Morgan fingerprint density at radius 3 is 2.90 bits per heavy atom. The number of pyridine rings is 1. The molecule has 20 heavy (non-hydrogen) atoms. The lowest BCUT2D eigenvalue weighted by atomic mass is 9.94. The maximum absolute atomic E-state index is 12.5. The number of hydrogen-bond donors (Lipinski definition) is 1. The van der Waals surface area contributed by atoms with Crippen LogP contribution < -0.4 is 5.73 Å². The number of nitrogens with zero attached hydrogens (tertiary/aromatic N) is 2. The first kappa shape index (κ1) is 13.1. The van der Waals surface area contributed by atoms with Crippen molar-refractivity contribution >= 4 is 16.8 Å². The maximum Gasteiger partial charge on any atom is 0.272 e. The Balaban J connectivity index is 1.85. The Morgan fingerprint density at radius 2 is 2.10 bits per heavy atom. The number of nitrogens with two attached hydrogens (primary N) is 1. The van der Waals surface area contributed by atoms with Crippen molar-refractivity contribution in [1.29, 1.82) is 0 Å². The minimum atomic E-state index is -0.0156. The second-order valence-electron chi connectivity index (χ2n) is 5.57. The van der Waals surface area contributed by atoms with Gasteiger partial charge in [0.1, 0.15) is 5.69 Å². The quantitative estimate of drug-likeness (QED) is 0.862. The molecule has 2 heterocycles. The molecule has 0 spiro atoms. The molecule has 0 saturated carbocycles. The highest BCUT2D eigenvalue weighted by molar-refractivity contribution is 5.95. The van der Waals surface area contributed by atoms with Crippen LogP contribution in [-0.4, -0.2) is 34.9 Å². The van der Waals surface area contributed by atoms with E-state index in [1.807, 2.05) is 35.2 Å². The zero-order valence-corrected chi connectivity index (χ0v) is 11.6. The lowest BCUT2D eigenvalue weighted by molar-refractivity contribution is 0.0667. The molecule has 1 saturated heterocycles. The third kappa shape index (κ3) is 2.39. The fourth-order valence-electron chi connectivity index (χ4n) is 2.63. The van der Waals surface area contributed by atoms with Crippen LogP contribution >= 0.6 is 0 Å². The topological polar surface area (TPSA) is 59.2 Å². The summed E-state index contributed by atoms with van der Waals surface area (Å²) in [5.74, 6) is 0.460. The number of amides is 1. The zero-order valence-electron chi connectivity index (χ0n) is 11.6. The van der Waals surface area contributed by atoms with Crippen molar-refractivity contribution in [3.8, 4) is 0 Å². The molecular weight excluding hydrogens is 250 g/mol. The molecule has 1 aromatic carbocycles. The minimum absolute atomic E-state index is 0.0156. The molecule has 1 aliphatic heterocycles. The van der Waals surface area contributed by atoms with Crippen LogP contribution in [0.2, 0.25) is 0 Å². The molecule has 2 aromatic rings. The molecule has 2 unspecified atom stereocenters. The van der Waals surface area contributed by atoms with Gasteiger partial charge in [0.25, 0.3) is 5.91 Å². The normalized spacial score (nSPS) is 23.0. The van der Waals surface area contributed by atoms with Gasteiger partial charge in [0.15, 0.2) is 0 Å². The zero-order chi connectivity index (χ0) is 14.1. The first-order valence-electron chi connectivity index (χ1n) is 7.06. The highest BCUT2D eigenvalue weighted by atomic mass is 16.2. The van der Waals surface area contributed by atoms with E-state index >= 15 is 0 Å². The van der Waals surface area contributed by atoms with Crippen molar-refractivity contribution in [3.63, 3.8) is 0 Å². The molecule has 0 radical (unpaired) electrons. The van der Waals surface area contributed by atoms with Gasteiger partial charge in [-0.25, -0.2) is 4.98 Å². The summed E-state index contributed by atoms with van der Waals surface area (Å²) in [5, 5.41) is 1.05. The van der Waals surface area contributed by atoms with Gasteiger partial charge in [-0.15, -0.1) is 0 Å². The van der Waals surface area contributed by atoms with Crippen molar-refractivity contribution in [1.82, 2.24) is 9.88 Å². The van der Waals surface area contributed by atoms with E-state index in [1.54, 1.807) is 6.07 Å². The summed E-state index contributed by atoms with van der Waals surface area (Å²) in [7, 11) is 0. The number of para-hydroxylation sites is 1. The molecule has 1 aromatic heterocycles. The van der Waals surface area contributed by atoms with Crippen LogP contribution in [0.25, 0.3) is 10.9 Å². The maximum atomic E-state index is 12.5. The Morgan fingerprint density at radius 1 is 1.30 bits per heavy atom. The highest BCUT2D eigenvalue weighted by Gasteiger charge is 2.27. The fraction of sp³-hybridized carbons (Fsp3) is 0.375. The van der Waals surface area contributed by atoms with Crippen molar-refractivity contribution in [2.45, 2.75) is 19.4 Å². The first-order valence-corrected chi connectivity index (χ1v) is 7.06. The van der Waals surface area contributed by atoms with E-state index in [1.165, 1.54) is 0 Å². The molecule has 1 amide bonds. The lowest BCUT2D eigenvalue weighted by Gasteiger charge is -2.34. The minimum Gasteiger partial charge on any atom is -0.336 e. The van der Waals surface area contributed by atoms with E-state index < -0.39 is 0 Å². The first-order chi connectivity index (χ1) is 9.65. The monoisotopic (exact) mass is 269 g/mol. The second-order valence-corrected chi connectivity index (χ2v) is 5.57. The Bertz CT molecular complexity index is 640. The summed E-state index contributed by atoms with van der Waals surface area (Å²) < 4.78 is 0. The van der Waals surface area contributed by atoms with E-state index in [0.29, 0.717) is 18.2 Å². The van der Waals surface area contributed by atoms with Gasteiger partial charge >= 0.3 is 0 Å². The van der Waals surface area contributed by atoms with E-state index in [9.17, 15) is 4.79 Å². The summed E-state index contributed by atoms with van der Waals surface area (Å²) in [6.45, 7) is 3.53. The largest absolute Gasteiger partial charge is 0.336 e. The average Bonchev–Trinajstić information content (AvgIpc) is 2.49. The van der Waals surface area contributed by atoms with Crippen LogP contribution in [0.4, 0.5) is 0 Å².